The predicted octanol–water partition coefficient (Wildman–Crippen LogP) is 2.26. The Hall–Kier alpha value is -0.600. The predicted molar refractivity (Wildman–Crippen MR) is 62.4 cm³/mol. The first kappa shape index (κ1) is 13.4. The smallest absolute Gasteiger partial charge is 0.0556 e. The lowest BCUT2D eigenvalue weighted by atomic mass is 9.95. The van der Waals surface area contributed by atoms with Crippen molar-refractivity contribution in [2.24, 2.45) is 0 Å². The third kappa shape index (κ3) is 5.95. The van der Waals surface area contributed by atoms with Crippen LogP contribution >= 0.6 is 0 Å². The van der Waals surface area contributed by atoms with Crippen molar-refractivity contribution in [3.63, 3.8) is 0 Å². The van der Waals surface area contributed by atoms with Crippen LogP contribution < -0.4 is 5.32 Å². The number of aliphatic hydroxyl groups excluding tert-OH is 1. The van der Waals surface area contributed by atoms with Gasteiger partial charge in [0.05, 0.1) is 6.61 Å². The first-order chi connectivity index (χ1) is 6.54. The van der Waals surface area contributed by atoms with Crippen LogP contribution in [-0.2, 0) is 0 Å². The van der Waals surface area contributed by atoms with Crippen LogP contribution in [0.25, 0.3) is 0 Å². The SMILES string of the molecule is C=CC(C)(CCC=C(C)C)NCCO. The average molecular weight is 197 g/mol. The monoisotopic (exact) mass is 197 g/mol. The molecule has 0 aromatic carbocycles. The molecule has 0 aliphatic rings. The zero-order valence-corrected chi connectivity index (χ0v) is 9.64. The molecule has 0 saturated heterocycles. The van der Waals surface area contributed by atoms with Crippen molar-refractivity contribution in [1.82, 2.24) is 5.32 Å². The van der Waals surface area contributed by atoms with Gasteiger partial charge >= 0.3 is 0 Å². The molecule has 82 valence electrons. The summed E-state index contributed by atoms with van der Waals surface area (Å²) in [6.07, 6.45) is 6.20. The van der Waals surface area contributed by atoms with Gasteiger partial charge in [-0.1, -0.05) is 17.7 Å². The molecule has 0 amide bonds. The number of hydrogen-bond acceptors (Lipinski definition) is 2. The first-order valence-electron chi connectivity index (χ1n) is 5.17. The van der Waals surface area contributed by atoms with E-state index >= 15 is 0 Å². The molecule has 0 aromatic rings. The highest BCUT2D eigenvalue weighted by atomic mass is 16.3. The number of β-amino-alcohol motifs (C(OH)–C–C–N with tert-alkyl or cyclic N) is 1. The normalized spacial score (nSPS) is 14.6. The zero-order chi connectivity index (χ0) is 11.0. The van der Waals surface area contributed by atoms with Gasteiger partial charge in [0, 0.05) is 12.1 Å². The van der Waals surface area contributed by atoms with Gasteiger partial charge < -0.3 is 10.4 Å². The molecule has 0 saturated carbocycles. The summed E-state index contributed by atoms with van der Waals surface area (Å²) in [4.78, 5) is 0. The van der Waals surface area contributed by atoms with Crippen LogP contribution in [-0.4, -0.2) is 23.8 Å². The minimum atomic E-state index is -0.0608. The number of allylic oxidation sites excluding steroid dienone is 2. The Bertz CT molecular complexity index is 194. The molecule has 0 bridgehead atoms. The summed E-state index contributed by atoms with van der Waals surface area (Å²) in [5.74, 6) is 0. The van der Waals surface area contributed by atoms with E-state index in [9.17, 15) is 0 Å². The fraction of sp³-hybridized carbons (Fsp3) is 0.667. The molecule has 0 heterocycles. The standard InChI is InChI=1S/C12H23NO/c1-5-12(4,13-9-10-14)8-6-7-11(2)3/h5,7,13-14H,1,6,8-10H2,2-4H3. The summed E-state index contributed by atoms with van der Waals surface area (Å²) in [6, 6.07) is 0. The van der Waals surface area contributed by atoms with Crippen LogP contribution in [0.4, 0.5) is 0 Å². The maximum absolute atomic E-state index is 8.73. The van der Waals surface area contributed by atoms with Gasteiger partial charge in [-0.2, -0.15) is 0 Å². The molecule has 1 atom stereocenters. The highest BCUT2D eigenvalue weighted by molar-refractivity contribution is 5.02. The number of nitrogens with one attached hydrogen (secondary N) is 1. The van der Waals surface area contributed by atoms with Crippen LogP contribution in [0, 0.1) is 0 Å². The molecule has 0 aliphatic carbocycles. The van der Waals surface area contributed by atoms with Gasteiger partial charge in [0.25, 0.3) is 0 Å². The number of hydrogen-bond donors (Lipinski definition) is 2. The van der Waals surface area contributed by atoms with Crippen LogP contribution in [0.2, 0.25) is 0 Å². The Balaban J connectivity index is 3.98. The Morgan fingerprint density at radius 1 is 1.50 bits per heavy atom. The summed E-state index contributed by atoms with van der Waals surface area (Å²) in [5.41, 5.74) is 1.29. The topological polar surface area (TPSA) is 32.3 Å². The third-order valence-electron chi connectivity index (χ3n) is 2.31. The minimum Gasteiger partial charge on any atom is -0.395 e. The molecule has 0 fully saturated rings. The molecule has 0 aromatic heterocycles. The Kier molecular flexibility index (Phi) is 6.50. The van der Waals surface area contributed by atoms with Crippen LogP contribution in [0.3, 0.4) is 0 Å². The van der Waals surface area contributed by atoms with Gasteiger partial charge in [-0.15, -0.1) is 6.58 Å². The molecule has 0 rings (SSSR count). The summed E-state index contributed by atoms with van der Waals surface area (Å²) in [7, 11) is 0. The lowest BCUT2D eigenvalue weighted by Crippen LogP contribution is -2.41. The lowest BCUT2D eigenvalue weighted by molar-refractivity contribution is 0.271. The van der Waals surface area contributed by atoms with E-state index in [1.54, 1.807) is 0 Å². The van der Waals surface area contributed by atoms with Gasteiger partial charge in [-0.25, -0.2) is 0 Å². The quantitative estimate of drug-likeness (QED) is 0.614. The minimum absolute atomic E-state index is 0.0608. The Labute approximate surface area is 87.7 Å². The maximum Gasteiger partial charge on any atom is 0.0556 e. The van der Waals surface area contributed by atoms with Crippen molar-refractivity contribution in [2.75, 3.05) is 13.2 Å². The lowest BCUT2D eigenvalue weighted by Gasteiger charge is -2.26. The second-order valence-electron chi connectivity index (χ2n) is 4.09. The van der Waals surface area contributed by atoms with Crippen molar-refractivity contribution in [1.29, 1.82) is 0 Å². The summed E-state index contributed by atoms with van der Waals surface area (Å²) < 4.78 is 0. The summed E-state index contributed by atoms with van der Waals surface area (Å²) >= 11 is 0. The summed E-state index contributed by atoms with van der Waals surface area (Å²) in [6.45, 7) is 10.9. The second-order valence-corrected chi connectivity index (χ2v) is 4.09. The van der Waals surface area contributed by atoms with E-state index in [4.69, 9.17) is 5.11 Å². The fourth-order valence-corrected chi connectivity index (χ4v) is 1.26. The molecule has 2 nitrogen and oxygen atoms in total. The van der Waals surface area contributed by atoms with E-state index in [0.717, 1.165) is 12.8 Å². The van der Waals surface area contributed by atoms with Crippen molar-refractivity contribution in [2.45, 2.75) is 39.2 Å². The van der Waals surface area contributed by atoms with Gasteiger partial charge in [0.2, 0.25) is 0 Å². The fourth-order valence-electron chi connectivity index (χ4n) is 1.26. The van der Waals surface area contributed by atoms with Crippen LogP contribution in [0.15, 0.2) is 24.3 Å². The van der Waals surface area contributed by atoms with Gasteiger partial charge in [0.1, 0.15) is 0 Å². The zero-order valence-electron chi connectivity index (χ0n) is 9.64. The van der Waals surface area contributed by atoms with Crippen molar-refractivity contribution in [3.05, 3.63) is 24.3 Å². The highest BCUT2D eigenvalue weighted by Gasteiger charge is 2.17. The molecule has 1 unspecified atom stereocenters. The van der Waals surface area contributed by atoms with Gasteiger partial charge in [-0.3, -0.25) is 0 Å². The van der Waals surface area contributed by atoms with Crippen molar-refractivity contribution in [3.8, 4) is 0 Å². The largest absolute Gasteiger partial charge is 0.395 e. The van der Waals surface area contributed by atoms with E-state index in [-0.39, 0.29) is 12.1 Å². The molecule has 0 radical (unpaired) electrons. The van der Waals surface area contributed by atoms with E-state index in [1.807, 2.05) is 6.08 Å². The molecular formula is C12H23NO. The van der Waals surface area contributed by atoms with Crippen molar-refractivity contribution >= 4 is 0 Å². The third-order valence-corrected chi connectivity index (χ3v) is 2.31. The number of aliphatic hydroxyl groups is 1. The summed E-state index contributed by atoms with van der Waals surface area (Å²) in [5, 5.41) is 12.0. The molecule has 2 heteroatoms. The molecule has 2 N–H and O–H groups in total. The molecular weight excluding hydrogens is 174 g/mol. The van der Waals surface area contributed by atoms with Gasteiger partial charge in [0.15, 0.2) is 0 Å². The molecule has 0 aliphatic heterocycles. The Morgan fingerprint density at radius 2 is 2.14 bits per heavy atom. The second kappa shape index (κ2) is 6.80. The first-order valence-corrected chi connectivity index (χ1v) is 5.17. The van der Waals surface area contributed by atoms with E-state index < -0.39 is 0 Å². The van der Waals surface area contributed by atoms with E-state index in [1.165, 1.54) is 5.57 Å². The highest BCUT2D eigenvalue weighted by Crippen LogP contribution is 2.14. The maximum atomic E-state index is 8.73. The van der Waals surface area contributed by atoms with E-state index in [0.29, 0.717) is 6.54 Å². The average Bonchev–Trinajstić information content (AvgIpc) is 2.14. The van der Waals surface area contributed by atoms with Crippen molar-refractivity contribution < 1.29 is 5.11 Å². The molecule has 14 heavy (non-hydrogen) atoms. The van der Waals surface area contributed by atoms with Crippen LogP contribution in [0.1, 0.15) is 33.6 Å². The van der Waals surface area contributed by atoms with Gasteiger partial charge in [-0.05, 0) is 33.6 Å². The number of rotatable bonds is 7. The molecule has 0 spiro atoms. The van der Waals surface area contributed by atoms with Crippen LogP contribution in [0.5, 0.6) is 0 Å². The van der Waals surface area contributed by atoms with E-state index in [2.05, 4.69) is 38.7 Å². The Morgan fingerprint density at radius 3 is 2.57 bits per heavy atom.